The number of rotatable bonds is 5. The highest BCUT2D eigenvalue weighted by Gasteiger charge is 2.43. The second-order valence-corrected chi connectivity index (χ2v) is 10.1. The summed E-state index contributed by atoms with van der Waals surface area (Å²) in [5.74, 6) is 0.234. The zero-order valence-corrected chi connectivity index (χ0v) is 20.8. The maximum Gasteiger partial charge on any atom is 0.253 e. The fourth-order valence-corrected chi connectivity index (χ4v) is 5.45. The number of fused-ring (bicyclic) bond motifs is 1. The molecule has 0 spiro atoms. The van der Waals surface area contributed by atoms with E-state index in [1.807, 2.05) is 48.5 Å². The molecule has 34 heavy (non-hydrogen) atoms. The first-order valence-electron chi connectivity index (χ1n) is 11.0. The van der Waals surface area contributed by atoms with Gasteiger partial charge in [0, 0.05) is 23.0 Å². The van der Waals surface area contributed by atoms with Crippen LogP contribution >= 0.6 is 35.0 Å². The van der Waals surface area contributed by atoms with Gasteiger partial charge in [0.2, 0.25) is 5.16 Å². The lowest BCUT2D eigenvalue weighted by molar-refractivity contribution is -0.130. The molecule has 1 aliphatic heterocycles. The molecule has 7 nitrogen and oxygen atoms in total. The van der Waals surface area contributed by atoms with Gasteiger partial charge in [-0.1, -0.05) is 59.2 Å². The Kier molecular flexibility index (Phi) is 6.72. The first kappa shape index (κ1) is 23.1. The Morgan fingerprint density at radius 3 is 2.50 bits per heavy atom. The van der Waals surface area contributed by atoms with E-state index < -0.39 is 0 Å². The summed E-state index contributed by atoms with van der Waals surface area (Å²) in [5, 5.41) is 20.0. The van der Waals surface area contributed by atoms with Gasteiger partial charge in [-0.25, -0.2) is 9.69 Å². The van der Waals surface area contributed by atoms with E-state index in [4.69, 9.17) is 28.3 Å². The zero-order valence-electron chi connectivity index (χ0n) is 18.4. The van der Waals surface area contributed by atoms with E-state index in [0.717, 1.165) is 41.7 Å². The Morgan fingerprint density at radius 1 is 1.12 bits per heavy atom. The molecule has 0 saturated heterocycles. The summed E-state index contributed by atoms with van der Waals surface area (Å²) < 4.78 is 1.55. The quantitative estimate of drug-likeness (QED) is 0.425. The summed E-state index contributed by atoms with van der Waals surface area (Å²) in [6.07, 6.45) is 5.09. The second kappa shape index (κ2) is 9.90. The predicted octanol–water partition coefficient (Wildman–Crippen LogP) is 5.43. The molecule has 0 unspecified atom stereocenters. The van der Waals surface area contributed by atoms with Crippen LogP contribution in [0.4, 0.5) is 0 Å². The number of hydrazone groups is 1. The maximum absolute atomic E-state index is 13.4. The number of carbonyl (C=O) groups excluding carboxylic acids is 1. The van der Waals surface area contributed by atoms with E-state index in [1.54, 1.807) is 16.7 Å². The van der Waals surface area contributed by atoms with E-state index in [1.165, 1.54) is 11.8 Å². The summed E-state index contributed by atoms with van der Waals surface area (Å²) in [7, 11) is 1.75. The number of benzene rings is 2. The molecule has 3 aromatic rings. The SMILES string of the molecule is Cn1nnnc1SCC(=O)N1N=C2/C(=C\c3ccc(Cl)cc3)CCC[C@H]2[C@H]1c1ccc(Cl)cc1. The number of hydrogen-bond donors (Lipinski definition) is 0. The monoisotopic (exact) mass is 512 g/mol. The molecule has 0 bridgehead atoms. The number of allylic oxidation sites excluding steroid dienone is 1. The van der Waals surface area contributed by atoms with Crippen molar-refractivity contribution in [3.05, 3.63) is 75.3 Å². The van der Waals surface area contributed by atoms with Crippen LogP contribution in [0.3, 0.4) is 0 Å². The first-order chi connectivity index (χ1) is 16.5. The van der Waals surface area contributed by atoms with E-state index >= 15 is 0 Å². The number of hydrogen-bond acceptors (Lipinski definition) is 6. The lowest BCUT2D eigenvalue weighted by atomic mass is 9.77. The smallest absolute Gasteiger partial charge is 0.253 e. The number of tetrazole rings is 1. The number of carbonyl (C=O) groups is 1. The van der Waals surface area contributed by atoms with Crippen LogP contribution in [0.2, 0.25) is 10.0 Å². The van der Waals surface area contributed by atoms with E-state index in [2.05, 4.69) is 21.6 Å². The van der Waals surface area contributed by atoms with Crippen molar-refractivity contribution in [2.24, 2.45) is 18.1 Å². The molecule has 5 rings (SSSR count). The molecule has 10 heteroatoms. The van der Waals surface area contributed by atoms with Crippen LogP contribution in [-0.2, 0) is 11.8 Å². The normalized spacial score (nSPS) is 21.0. The standard InChI is InChI=1S/C24H22Cl2N6OS/c1-31-24(27-29-30-31)34-14-21(33)32-23(16-7-11-19(26)12-8-16)20-4-2-3-17(22(20)28-32)13-15-5-9-18(25)10-6-15/h5-13,20,23H,2-4,14H2,1H3/b17-13-/t20-,23-/m1/s1. The molecule has 2 heterocycles. The molecule has 1 aliphatic carbocycles. The highest BCUT2D eigenvalue weighted by molar-refractivity contribution is 7.99. The minimum Gasteiger partial charge on any atom is -0.272 e. The second-order valence-electron chi connectivity index (χ2n) is 8.31. The van der Waals surface area contributed by atoms with Crippen molar-refractivity contribution in [1.29, 1.82) is 0 Å². The summed E-state index contributed by atoms with van der Waals surface area (Å²) in [6.45, 7) is 0. The third-order valence-corrected chi connectivity index (χ3v) is 7.58. The van der Waals surface area contributed by atoms with Gasteiger partial charge >= 0.3 is 0 Å². The van der Waals surface area contributed by atoms with Gasteiger partial charge in [0.25, 0.3) is 5.91 Å². The number of thioether (sulfide) groups is 1. The van der Waals surface area contributed by atoms with Gasteiger partial charge in [-0.3, -0.25) is 4.79 Å². The van der Waals surface area contributed by atoms with Crippen LogP contribution in [0.25, 0.3) is 6.08 Å². The van der Waals surface area contributed by atoms with Crippen molar-refractivity contribution in [2.45, 2.75) is 30.5 Å². The Morgan fingerprint density at radius 2 is 1.82 bits per heavy atom. The van der Waals surface area contributed by atoms with Gasteiger partial charge in [-0.15, -0.1) is 5.10 Å². The van der Waals surface area contributed by atoms with Crippen molar-refractivity contribution in [3.8, 4) is 0 Å². The van der Waals surface area contributed by atoms with E-state index in [0.29, 0.717) is 15.2 Å². The maximum atomic E-state index is 13.4. The summed E-state index contributed by atoms with van der Waals surface area (Å²) >= 11 is 13.5. The number of halogens is 2. The van der Waals surface area contributed by atoms with Gasteiger partial charge in [-0.2, -0.15) is 5.10 Å². The van der Waals surface area contributed by atoms with Crippen LogP contribution in [0.5, 0.6) is 0 Å². The van der Waals surface area contributed by atoms with E-state index in [-0.39, 0.29) is 23.6 Å². The Bertz CT molecular complexity index is 1260. The topological polar surface area (TPSA) is 76.3 Å². The Hall–Kier alpha value is -2.68. The lowest BCUT2D eigenvalue weighted by Gasteiger charge is -2.29. The van der Waals surface area contributed by atoms with Crippen LogP contribution in [0.15, 0.2) is 64.4 Å². The van der Waals surface area contributed by atoms with Gasteiger partial charge in [0.05, 0.1) is 17.5 Å². The zero-order chi connectivity index (χ0) is 23.7. The number of aromatic nitrogens is 4. The average molecular weight is 513 g/mol. The molecule has 2 aromatic carbocycles. The minimum absolute atomic E-state index is 0.0827. The number of nitrogens with zero attached hydrogens (tertiary/aromatic N) is 6. The van der Waals surface area contributed by atoms with Crippen LogP contribution in [0, 0.1) is 5.92 Å². The Labute approximate surface area is 211 Å². The summed E-state index contributed by atoms with van der Waals surface area (Å²) in [4.78, 5) is 13.4. The number of amides is 1. The molecule has 1 aromatic heterocycles. The first-order valence-corrected chi connectivity index (χ1v) is 12.7. The third kappa shape index (κ3) is 4.76. The van der Waals surface area contributed by atoms with Gasteiger partial charge in [-0.05, 0) is 76.7 Å². The molecule has 174 valence electrons. The van der Waals surface area contributed by atoms with Crippen molar-refractivity contribution in [3.63, 3.8) is 0 Å². The predicted molar refractivity (Wildman–Crippen MR) is 135 cm³/mol. The van der Waals surface area contributed by atoms with Gasteiger partial charge < -0.3 is 0 Å². The molecule has 0 radical (unpaired) electrons. The Balaban J connectivity index is 1.47. The molecule has 1 saturated carbocycles. The molecular weight excluding hydrogens is 491 g/mol. The fraction of sp³-hybridized carbons (Fsp3) is 0.292. The molecule has 1 amide bonds. The highest BCUT2D eigenvalue weighted by Crippen LogP contribution is 2.44. The largest absolute Gasteiger partial charge is 0.272 e. The average Bonchev–Trinajstić information content (AvgIpc) is 3.43. The molecule has 2 atom stereocenters. The van der Waals surface area contributed by atoms with Gasteiger partial charge in [0.15, 0.2) is 0 Å². The van der Waals surface area contributed by atoms with E-state index in [9.17, 15) is 4.79 Å². The summed E-state index contributed by atoms with van der Waals surface area (Å²) in [5.41, 5.74) is 4.25. The number of aryl methyl sites for hydroxylation is 1. The van der Waals surface area contributed by atoms with Crippen LogP contribution in [0.1, 0.15) is 36.4 Å². The molecule has 1 fully saturated rings. The highest BCUT2D eigenvalue weighted by atomic mass is 35.5. The minimum atomic E-state index is -0.174. The van der Waals surface area contributed by atoms with Gasteiger partial charge in [0.1, 0.15) is 0 Å². The third-order valence-electron chi connectivity index (χ3n) is 6.09. The van der Waals surface area contributed by atoms with Crippen molar-refractivity contribution < 1.29 is 4.79 Å². The van der Waals surface area contributed by atoms with Crippen molar-refractivity contribution in [2.75, 3.05) is 5.75 Å². The molecular formula is C24H22Cl2N6OS. The van der Waals surface area contributed by atoms with Crippen molar-refractivity contribution >= 4 is 52.7 Å². The molecule has 0 N–H and O–H groups in total. The van der Waals surface area contributed by atoms with Crippen molar-refractivity contribution in [1.82, 2.24) is 25.2 Å². The fourth-order valence-electron chi connectivity index (χ4n) is 4.50. The summed E-state index contributed by atoms with van der Waals surface area (Å²) in [6, 6.07) is 15.3. The van der Waals surface area contributed by atoms with Crippen LogP contribution < -0.4 is 0 Å². The lowest BCUT2D eigenvalue weighted by Crippen LogP contribution is -2.32. The molecule has 2 aliphatic rings. The van der Waals surface area contributed by atoms with Crippen LogP contribution in [-0.4, -0.2) is 42.6 Å².